The Labute approximate surface area is 145 Å². The monoisotopic (exact) mass is 315 g/mol. The van der Waals surface area contributed by atoms with E-state index in [9.17, 15) is 0 Å². The lowest BCUT2D eigenvalue weighted by Crippen LogP contribution is -2.11. The standard InChI is InChI=1S/C23H25N/c1-16(2)12-17-8-6-9-18(13-17)21-15-20(23(3,4)5)14-19-10-7-11-24-22(19)21/h6-15H,1-5H3. The average molecular weight is 315 g/mol. The quantitative estimate of drug-likeness (QED) is 0.517. The number of fused-ring (bicyclic) bond motifs is 1. The van der Waals surface area contributed by atoms with Crippen LogP contribution in [0.5, 0.6) is 0 Å². The van der Waals surface area contributed by atoms with Gasteiger partial charge in [-0.05, 0) is 60.2 Å². The first kappa shape index (κ1) is 16.4. The van der Waals surface area contributed by atoms with Crippen molar-refractivity contribution in [1.82, 2.24) is 4.98 Å². The number of nitrogens with zero attached hydrogens (tertiary/aromatic N) is 1. The summed E-state index contributed by atoms with van der Waals surface area (Å²) in [6.07, 6.45) is 4.09. The normalized spacial score (nSPS) is 11.5. The zero-order valence-corrected chi connectivity index (χ0v) is 15.2. The molecule has 0 spiro atoms. The Morgan fingerprint density at radius 3 is 2.46 bits per heavy atom. The number of hydrogen-bond donors (Lipinski definition) is 0. The van der Waals surface area contributed by atoms with E-state index in [1.807, 2.05) is 12.3 Å². The van der Waals surface area contributed by atoms with Crippen molar-refractivity contribution >= 4 is 17.0 Å². The Kier molecular flexibility index (Phi) is 4.28. The first-order valence-electron chi connectivity index (χ1n) is 8.49. The second kappa shape index (κ2) is 6.24. The zero-order chi connectivity index (χ0) is 17.3. The van der Waals surface area contributed by atoms with Crippen LogP contribution >= 0.6 is 0 Å². The minimum Gasteiger partial charge on any atom is -0.256 e. The van der Waals surface area contributed by atoms with Gasteiger partial charge in [-0.15, -0.1) is 0 Å². The molecule has 0 N–H and O–H groups in total. The van der Waals surface area contributed by atoms with Crippen molar-refractivity contribution in [1.29, 1.82) is 0 Å². The first-order valence-corrected chi connectivity index (χ1v) is 8.49. The van der Waals surface area contributed by atoms with Crippen molar-refractivity contribution in [2.24, 2.45) is 0 Å². The third-order valence-electron chi connectivity index (χ3n) is 4.22. The Bertz CT molecular complexity index is 907. The molecular weight excluding hydrogens is 290 g/mol. The van der Waals surface area contributed by atoms with Gasteiger partial charge in [-0.1, -0.05) is 56.7 Å². The van der Waals surface area contributed by atoms with E-state index < -0.39 is 0 Å². The maximum atomic E-state index is 4.66. The van der Waals surface area contributed by atoms with E-state index in [4.69, 9.17) is 0 Å². The van der Waals surface area contributed by atoms with Gasteiger partial charge in [0, 0.05) is 17.1 Å². The molecule has 2 aromatic carbocycles. The van der Waals surface area contributed by atoms with E-state index in [0.717, 1.165) is 5.52 Å². The van der Waals surface area contributed by atoms with Crippen molar-refractivity contribution < 1.29 is 0 Å². The molecule has 24 heavy (non-hydrogen) atoms. The molecule has 3 rings (SSSR count). The average Bonchev–Trinajstić information content (AvgIpc) is 2.52. The van der Waals surface area contributed by atoms with E-state index in [0.29, 0.717) is 0 Å². The van der Waals surface area contributed by atoms with Crippen LogP contribution < -0.4 is 0 Å². The highest BCUT2D eigenvalue weighted by molar-refractivity contribution is 5.94. The summed E-state index contributed by atoms with van der Waals surface area (Å²) in [5, 5.41) is 1.20. The molecule has 0 fully saturated rings. The molecule has 1 nitrogen and oxygen atoms in total. The number of aromatic nitrogens is 1. The highest BCUT2D eigenvalue weighted by Crippen LogP contribution is 2.34. The topological polar surface area (TPSA) is 12.9 Å². The van der Waals surface area contributed by atoms with Gasteiger partial charge < -0.3 is 0 Å². The van der Waals surface area contributed by atoms with Crippen LogP contribution in [0.2, 0.25) is 0 Å². The molecular formula is C23H25N. The number of pyridine rings is 1. The molecule has 0 aliphatic heterocycles. The first-order chi connectivity index (χ1) is 11.3. The molecule has 1 heterocycles. The third-order valence-corrected chi connectivity index (χ3v) is 4.22. The van der Waals surface area contributed by atoms with Crippen LogP contribution in [0.3, 0.4) is 0 Å². The molecule has 0 saturated carbocycles. The maximum absolute atomic E-state index is 4.66. The van der Waals surface area contributed by atoms with Gasteiger partial charge in [-0.3, -0.25) is 4.98 Å². The molecule has 0 saturated heterocycles. The Hall–Kier alpha value is -2.41. The molecule has 0 bridgehead atoms. The van der Waals surface area contributed by atoms with E-state index in [2.05, 4.69) is 88.1 Å². The molecule has 3 aromatic rings. The predicted molar refractivity (Wildman–Crippen MR) is 105 cm³/mol. The minimum atomic E-state index is 0.107. The van der Waals surface area contributed by atoms with Crippen molar-refractivity contribution in [2.45, 2.75) is 40.0 Å². The Morgan fingerprint density at radius 2 is 1.75 bits per heavy atom. The van der Waals surface area contributed by atoms with Crippen LogP contribution in [-0.4, -0.2) is 4.98 Å². The van der Waals surface area contributed by atoms with Crippen LogP contribution in [0.1, 0.15) is 45.7 Å². The van der Waals surface area contributed by atoms with Gasteiger partial charge in [0.15, 0.2) is 0 Å². The van der Waals surface area contributed by atoms with E-state index >= 15 is 0 Å². The summed E-state index contributed by atoms with van der Waals surface area (Å²) in [6.45, 7) is 11.0. The summed E-state index contributed by atoms with van der Waals surface area (Å²) >= 11 is 0. The highest BCUT2D eigenvalue weighted by Gasteiger charge is 2.17. The van der Waals surface area contributed by atoms with Gasteiger partial charge in [0.1, 0.15) is 0 Å². The predicted octanol–water partition coefficient (Wildman–Crippen LogP) is 6.62. The molecule has 1 aromatic heterocycles. The van der Waals surface area contributed by atoms with Crippen LogP contribution in [0.4, 0.5) is 0 Å². The van der Waals surface area contributed by atoms with Gasteiger partial charge >= 0.3 is 0 Å². The minimum absolute atomic E-state index is 0.107. The van der Waals surface area contributed by atoms with Crippen LogP contribution in [0.15, 0.2) is 60.3 Å². The summed E-state index contributed by atoms with van der Waals surface area (Å²) < 4.78 is 0. The number of benzene rings is 2. The summed E-state index contributed by atoms with van der Waals surface area (Å²) in [7, 11) is 0. The summed E-state index contributed by atoms with van der Waals surface area (Å²) in [6, 6.07) is 17.4. The third kappa shape index (κ3) is 3.41. The largest absolute Gasteiger partial charge is 0.256 e. The van der Waals surface area contributed by atoms with Crippen LogP contribution in [0, 0.1) is 0 Å². The fourth-order valence-electron chi connectivity index (χ4n) is 2.97. The van der Waals surface area contributed by atoms with Crippen LogP contribution in [-0.2, 0) is 5.41 Å². The summed E-state index contributed by atoms with van der Waals surface area (Å²) in [4.78, 5) is 4.66. The molecule has 0 unspecified atom stereocenters. The second-order valence-electron chi connectivity index (χ2n) is 7.70. The van der Waals surface area contributed by atoms with Crippen molar-refractivity contribution in [3.63, 3.8) is 0 Å². The maximum Gasteiger partial charge on any atom is 0.0780 e. The molecule has 122 valence electrons. The number of rotatable bonds is 2. The molecule has 0 atom stereocenters. The van der Waals surface area contributed by atoms with E-state index in [-0.39, 0.29) is 5.41 Å². The summed E-state index contributed by atoms with van der Waals surface area (Å²) in [5.74, 6) is 0. The van der Waals surface area contributed by atoms with Gasteiger partial charge in [0.05, 0.1) is 5.52 Å². The molecule has 0 amide bonds. The van der Waals surface area contributed by atoms with Gasteiger partial charge in [-0.25, -0.2) is 0 Å². The van der Waals surface area contributed by atoms with E-state index in [1.165, 1.54) is 33.2 Å². The van der Waals surface area contributed by atoms with Crippen molar-refractivity contribution in [3.05, 3.63) is 71.4 Å². The van der Waals surface area contributed by atoms with Crippen molar-refractivity contribution in [3.8, 4) is 11.1 Å². The summed E-state index contributed by atoms with van der Waals surface area (Å²) in [5.41, 5.74) is 7.49. The SMILES string of the molecule is CC(C)=Cc1cccc(-c2cc(C(C)(C)C)cc3cccnc23)c1. The molecule has 0 aliphatic carbocycles. The zero-order valence-electron chi connectivity index (χ0n) is 15.2. The Balaban J connectivity index is 2.27. The molecule has 0 radical (unpaired) electrons. The van der Waals surface area contributed by atoms with Crippen molar-refractivity contribution in [2.75, 3.05) is 0 Å². The number of allylic oxidation sites excluding steroid dienone is 1. The lowest BCUT2D eigenvalue weighted by Gasteiger charge is -2.21. The van der Waals surface area contributed by atoms with Gasteiger partial charge in [0.2, 0.25) is 0 Å². The van der Waals surface area contributed by atoms with E-state index in [1.54, 1.807) is 0 Å². The van der Waals surface area contributed by atoms with Gasteiger partial charge in [-0.2, -0.15) is 0 Å². The smallest absolute Gasteiger partial charge is 0.0780 e. The fourth-order valence-corrected chi connectivity index (χ4v) is 2.97. The second-order valence-corrected chi connectivity index (χ2v) is 7.70. The lowest BCUT2D eigenvalue weighted by atomic mass is 9.84. The molecule has 0 aliphatic rings. The molecule has 1 heteroatoms. The van der Waals surface area contributed by atoms with Crippen LogP contribution in [0.25, 0.3) is 28.1 Å². The highest BCUT2D eigenvalue weighted by atomic mass is 14.6. The lowest BCUT2D eigenvalue weighted by molar-refractivity contribution is 0.591. The number of hydrogen-bond acceptors (Lipinski definition) is 1. The Morgan fingerprint density at radius 1 is 0.958 bits per heavy atom. The fraction of sp³-hybridized carbons (Fsp3) is 0.261. The van der Waals surface area contributed by atoms with Gasteiger partial charge in [0.25, 0.3) is 0 Å².